The molecule has 0 aliphatic heterocycles. The summed E-state index contributed by atoms with van der Waals surface area (Å²) in [6.45, 7) is 0. The van der Waals surface area contributed by atoms with E-state index in [0.717, 1.165) is 12.8 Å². The predicted molar refractivity (Wildman–Crippen MR) is 70.5 cm³/mol. The molecule has 4 nitrogen and oxygen atoms in total. The molecule has 0 radical (unpaired) electrons. The van der Waals surface area contributed by atoms with Crippen molar-refractivity contribution in [2.45, 2.75) is 24.2 Å². The molecule has 1 aromatic rings. The number of carboxylic acids is 1. The van der Waals surface area contributed by atoms with Crippen LogP contribution in [0.1, 0.15) is 29.6 Å². The maximum Gasteiger partial charge on any atom is 0.336 e. The second-order valence-corrected chi connectivity index (χ2v) is 7.46. The quantitative estimate of drug-likeness (QED) is 0.899. The van der Waals surface area contributed by atoms with Crippen molar-refractivity contribution in [3.63, 3.8) is 0 Å². The van der Waals surface area contributed by atoms with Crippen LogP contribution >= 0.6 is 15.9 Å². The van der Waals surface area contributed by atoms with Crippen molar-refractivity contribution in [2.75, 3.05) is 5.75 Å². The highest BCUT2D eigenvalue weighted by atomic mass is 79.9. The molecule has 0 atom stereocenters. The molecule has 0 aromatic heterocycles. The molecular weight excluding hydrogens is 320 g/mol. The Labute approximate surface area is 114 Å². The number of sulfone groups is 1. The molecule has 1 saturated carbocycles. The van der Waals surface area contributed by atoms with Crippen LogP contribution in [0.2, 0.25) is 0 Å². The molecule has 0 spiro atoms. The van der Waals surface area contributed by atoms with Crippen molar-refractivity contribution < 1.29 is 18.3 Å². The van der Waals surface area contributed by atoms with Crippen LogP contribution in [0.25, 0.3) is 0 Å². The number of aromatic carboxylic acids is 1. The van der Waals surface area contributed by atoms with Crippen LogP contribution in [-0.2, 0) is 9.84 Å². The second kappa shape index (κ2) is 5.01. The van der Waals surface area contributed by atoms with E-state index in [1.54, 1.807) is 0 Å². The van der Waals surface area contributed by atoms with Gasteiger partial charge in [0.25, 0.3) is 0 Å². The van der Waals surface area contributed by atoms with E-state index in [2.05, 4.69) is 15.9 Å². The van der Waals surface area contributed by atoms with Gasteiger partial charge in [-0.1, -0.05) is 12.8 Å². The van der Waals surface area contributed by atoms with Gasteiger partial charge in [0.05, 0.1) is 16.2 Å². The number of benzene rings is 1. The predicted octanol–water partition coefficient (Wildman–Crippen LogP) is 2.72. The van der Waals surface area contributed by atoms with Gasteiger partial charge in [0.2, 0.25) is 0 Å². The minimum absolute atomic E-state index is 0.0255. The normalized spacial score (nSPS) is 15.6. The lowest BCUT2D eigenvalue weighted by Crippen LogP contribution is -2.09. The fourth-order valence-electron chi connectivity index (χ4n) is 1.71. The van der Waals surface area contributed by atoms with Crippen LogP contribution in [0.5, 0.6) is 0 Å². The zero-order chi connectivity index (χ0) is 13.3. The molecule has 1 aliphatic carbocycles. The topological polar surface area (TPSA) is 71.4 Å². The van der Waals surface area contributed by atoms with E-state index in [-0.39, 0.29) is 16.2 Å². The molecule has 2 rings (SSSR count). The fraction of sp³-hybridized carbons (Fsp3) is 0.417. The highest BCUT2D eigenvalue weighted by Crippen LogP contribution is 2.33. The summed E-state index contributed by atoms with van der Waals surface area (Å²) in [6.07, 6.45) is 2.88. The lowest BCUT2D eigenvalue weighted by atomic mass is 10.2. The number of halogens is 1. The molecule has 0 unspecified atom stereocenters. The summed E-state index contributed by atoms with van der Waals surface area (Å²) in [5.41, 5.74) is -0.0255. The summed E-state index contributed by atoms with van der Waals surface area (Å²) < 4.78 is 24.5. The standard InChI is InChI=1S/C12H13BrO4S/c13-11-4-3-9(7-10(11)12(14)15)18(16,17)6-5-8-1-2-8/h3-4,7-8H,1-2,5-6H2,(H,14,15). The van der Waals surface area contributed by atoms with Crippen LogP contribution in [0, 0.1) is 5.92 Å². The summed E-state index contributed by atoms with van der Waals surface area (Å²) in [6, 6.07) is 4.13. The zero-order valence-corrected chi connectivity index (χ0v) is 12.0. The lowest BCUT2D eigenvalue weighted by Gasteiger charge is -2.06. The van der Waals surface area contributed by atoms with Gasteiger partial charge >= 0.3 is 5.97 Å². The molecule has 98 valence electrons. The Bertz CT molecular complexity index is 576. The van der Waals surface area contributed by atoms with Gasteiger partial charge in [-0.05, 0) is 46.5 Å². The minimum Gasteiger partial charge on any atom is -0.478 e. The number of hydrogen-bond donors (Lipinski definition) is 1. The molecule has 0 amide bonds. The Kier molecular flexibility index (Phi) is 3.77. The summed E-state index contributed by atoms with van der Waals surface area (Å²) in [7, 11) is -3.37. The molecule has 1 aliphatic rings. The van der Waals surface area contributed by atoms with Crippen molar-refractivity contribution in [1.82, 2.24) is 0 Å². The first-order valence-corrected chi connectivity index (χ1v) is 8.10. The number of carboxylic acid groups (broad SMARTS) is 1. The molecule has 1 N–H and O–H groups in total. The van der Waals surface area contributed by atoms with Crippen LogP contribution < -0.4 is 0 Å². The van der Waals surface area contributed by atoms with E-state index in [9.17, 15) is 13.2 Å². The van der Waals surface area contributed by atoms with Gasteiger partial charge in [-0.15, -0.1) is 0 Å². The average Bonchev–Trinajstić information content (AvgIpc) is 3.10. The van der Waals surface area contributed by atoms with Gasteiger partial charge in [-0.3, -0.25) is 0 Å². The van der Waals surface area contributed by atoms with Gasteiger partial charge in [0, 0.05) is 4.47 Å². The van der Waals surface area contributed by atoms with Crippen molar-refractivity contribution in [1.29, 1.82) is 0 Å². The molecule has 18 heavy (non-hydrogen) atoms. The van der Waals surface area contributed by atoms with Gasteiger partial charge in [-0.2, -0.15) is 0 Å². The third-order valence-corrected chi connectivity index (χ3v) is 5.46. The maximum atomic E-state index is 12.0. The van der Waals surface area contributed by atoms with Crippen molar-refractivity contribution >= 4 is 31.7 Å². The van der Waals surface area contributed by atoms with Crippen molar-refractivity contribution in [3.8, 4) is 0 Å². The molecule has 1 fully saturated rings. The first kappa shape index (κ1) is 13.5. The Balaban J connectivity index is 2.25. The average molecular weight is 333 g/mol. The summed E-state index contributed by atoms with van der Waals surface area (Å²) in [5, 5.41) is 8.96. The van der Waals surface area contributed by atoms with Crippen molar-refractivity contribution in [2.24, 2.45) is 5.92 Å². The highest BCUT2D eigenvalue weighted by Gasteiger charge is 2.25. The molecule has 6 heteroatoms. The Hall–Kier alpha value is -0.880. The second-order valence-electron chi connectivity index (χ2n) is 4.50. The van der Waals surface area contributed by atoms with Gasteiger partial charge in [0.15, 0.2) is 9.84 Å². The third-order valence-electron chi connectivity index (χ3n) is 3.02. The summed E-state index contributed by atoms with van der Waals surface area (Å²) in [5.74, 6) is -0.506. The van der Waals surface area contributed by atoms with Gasteiger partial charge in [0.1, 0.15) is 0 Å². The zero-order valence-electron chi connectivity index (χ0n) is 9.60. The molecule has 1 aromatic carbocycles. The lowest BCUT2D eigenvalue weighted by molar-refractivity contribution is 0.0695. The van der Waals surface area contributed by atoms with E-state index < -0.39 is 15.8 Å². The molecule has 0 bridgehead atoms. The van der Waals surface area contributed by atoms with Crippen LogP contribution in [0.4, 0.5) is 0 Å². The number of carbonyl (C=O) groups is 1. The first-order valence-electron chi connectivity index (χ1n) is 5.66. The maximum absolute atomic E-state index is 12.0. The number of rotatable bonds is 5. The molecule has 0 saturated heterocycles. The highest BCUT2D eigenvalue weighted by molar-refractivity contribution is 9.10. The third kappa shape index (κ3) is 3.11. The summed E-state index contributed by atoms with van der Waals surface area (Å²) in [4.78, 5) is 11.0. The first-order chi connectivity index (χ1) is 8.40. The van der Waals surface area contributed by atoms with E-state index in [4.69, 9.17) is 5.11 Å². The van der Waals surface area contributed by atoms with Crippen LogP contribution in [0.15, 0.2) is 27.6 Å². The van der Waals surface area contributed by atoms with E-state index in [0.29, 0.717) is 16.8 Å². The Morgan fingerprint density at radius 2 is 2.06 bits per heavy atom. The smallest absolute Gasteiger partial charge is 0.336 e. The Morgan fingerprint density at radius 3 is 2.61 bits per heavy atom. The monoisotopic (exact) mass is 332 g/mol. The minimum atomic E-state index is -3.37. The van der Waals surface area contributed by atoms with Gasteiger partial charge < -0.3 is 5.11 Å². The van der Waals surface area contributed by atoms with E-state index >= 15 is 0 Å². The molecular formula is C12H13BrO4S. The largest absolute Gasteiger partial charge is 0.478 e. The summed E-state index contributed by atoms with van der Waals surface area (Å²) >= 11 is 3.09. The van der Waals surface area contributed by atoms with Crippen LogP contribution in [0.3, 0.4) is 0 Å². The van der Waals surface area contributed by atoms with Gasteiger partial charge in [-0.25, -0.2) is 13.2 Å². The van der Waals surface area contributed by atoms with Crippen LogP contribution in [-0.4, -0.2) is 25.2 Å². The SMILES string of the molecule is O=C(O)c1cc(S(=O)(=O)CCC2CC2)ccc1Br. The number of hydrogen-bond acceptors (Lipinski definition) is 3. The fourth-order valence-corrected chi connectivity index (χ4v) is 3.58. The molecule has 0 heterocycles. The van der Waals surface area contributed by atoms with Crippen molar-refractivity contribution in [3.05, 3.63) is 28.2 Å². The van der Waals surface area contributed by atoms with E-state index in [1.165, 1.54) is 18.2 Å². The Morgan fingerprint density at radius 1 is 1.39 bits per heavy atom. The van der Waals surface area contributed by atoms with E-state index in [1.807, 2.05) is 0 Å².